The Morgan fingerprint density at radius 2 is 1.67 bits per heavy atom. The first-order valence-corrected chi connectivity index (χ1v) is 6.93. The Hall–Kier alpha value is -1.13. The Kier molecular flexibility index (Phi) is 3.88. The fraction of sp³-hybridized carbons (Fsp3) is 0.0714. The van der Waals surface area contributed by atoms with Crippen molar-refractivity contribution < 1.29 is 4.79 Å². The molecule has 4 heteroatoms. The Bertz CT molecular complexity index is 606. The molecule has 0 fully saturated rings. The van der Waals surface area contributed by atoms with Crippen LogP contribution in [0.1, 0.15) is 21.5 Å². The fourth-order valence-electron chi connectivity index (χ4n) is 1.61. The second-order valence-electron chi connectivity index (χ2n) is 4.03. The molecule has 0 aliphatic heterocycles. The van der Waals surface area contributed by atoms with E-state index in [9.17, 15) is 4.79 Å². The number of carbonyl (C=O) groups excluding carboxylic acids is 1. The molecule has 2 nitrogen and oxygen atoms in total. The summed E-state index contributed by atoms with van der Waals surface area (Å²) >= 11 is 6.87. The van der Waals surface area contributed by atoms with Crippen LogP contribution in [-0.2, 0) is 0 Å². The van der Waals surface area contributed by atoms with Gasteiger partial charge in [-0.05, 0) is 48.9 Å². The Balaban J connectivity index is 2.46. The van der Waals surface area contributed by atoms with Crippen molar-refractivity contribution in [2.24, 2.45) is 0 Å². The lowest BCUT2D eigenvalue weighted by molar-refractivity contribution is 0.103. The molecule has 0 aliphatic rings. The number of nitrogens with two attached hydrogens (primary N) is 1. The highest BCUT2D eigenvalue weighted by atomic mass is 79.9. The predicted molar refractivity (Wildman–Crippen MR) is 80.9 cm³/mol. The van der Waals surface area contributed by atoms with Gasteiger partial charge in [0.05, 0.1) is 0 Å². The minimum atomic E-state index is -0.0254. The number of anilines is 1. The molecule has 2 N–H and O–H groups in total. The van der Waals surface area contributed by atoms with Crippen LogP contribution >= 0.6 is 31.9 Å². The summed E-state index contributed by atoms with van der Waals surface area (Å²) in [7, 11) is 0. The summed E-state index contributed by atoms with van der Waals surface area (Å²) in [4.78, 5) is 12.4. The van der Waals surface area contributed by atoms with Gasteiger partial charge in [0.2, 0.25) is 0 Å². The van der Waals surface area contributed by atoms with Crippen molar-refractivity contribution in [3.05, 3.63) is 62.0 Å². The number of halogens is 2. The number of hydrogen-bond acceptors (Lipinski definition) is 2. The van der Waals surface area contributed by atoms with Crippen molar-refractivity contribution in [3.63, 3.8) is 0 Å². The average Bonchev–Trinajstić information content (AvgIpc) is 2.34. The molecule has 0 unspecified atom stereocenters. The number of rotatable bonds is 2. The molecule has 2 aromatic carbocycles. The third-order valence-electron chi connectivity index (χ3n) is 2.67. The molecule has 0 spiro atoms. The molecule has 2 aromatic rings. The Morgan fingerprint density at radius 1 is 1.06 bits per heavy atom. The summed E-state index contributed by atoms with van der Waals surface area (Å²) in [5, 5.41) is 0. The Morgan fingerprint density at radius 3 is 2.28 bits per heavy atom. The molecule has 0 saturated carbocycles. The zero-order valence-electron chi connectivity index (χ0n) is 9.71. The van der Waals surface area contributed by atoms with E-state index >= 15 is 0 Å². The van der Waals surface area contributed by atoms with Gasteiger partial charge < -0.3 is 5.73 Å². The number of ketones is 1. The van der Waals surface area contributed by atoms with Gasteiger partial charge in [-0.25, -0.2) is 0 Å². The highest BCUT2D eigenvalue weighted by Gasteiger charge is 2.14. The normalized spacial score (nSPS) is 10.4. The molecule has 0 saturated heterocycles. The maximum atomic E-state index is 12.4. The van der Waals surface area contributed by atoms with Crippen molar-refractivity contribution in [1.29, 1.82) is 0 Å². The molecule has 0 aliphatic carbocycles. The van der Waals surface area contributed by atoms with Gasteiger partial charge in [0.25, 0.3) is 0 Å². The monoisotopic (exact) mass is 367 g/mol. The number of benzene rings is 2. The molecule has 0 heterocycles. The number of hydrogen-bond donors (Lipinski definition) is 1. The molecule has 0 aromatic heterocycles. The van der Waals surface area contributed by atoms with Crippen LogP contribution in [-0.4, -0.2) is 5.78 Å². The van der Waals surface area contributed by atoms with Gasteiger partial charge in [0, 0.05) is 25.8 Å². The standard InChI is InChI=1S/C14H11Br2NO/c1-8-6-13(16)11(7-12(8)15)14(18)9-2-4-10(17)5-3-9/h2-7H,17H2,1H3. The van der Waals surface area contributed by atoms with E-state index in [0.29, 0.717) is 16.8 Å². The summed E-state index contributed by atoms with van der Waals surface area (Å²) in [6.07, 6.45) is 0. The van der Waals surface area contributed by atoms with Gasteiger partial charge >= 0.3 is 0 Å². The minimum absolute atomic E-state index is 0.0254. The molecule has 0 bridgehead atoms. The van der Waals surface area contributed by atoms with E-state index in [1.165, 1.54) is 0 Å². The lowest BCUT2D eigenvalue weighted by atomic mass is 10.0. The molecule has 0 atom stereocenters. The first kappa shape index (κ1) is 13.3. The van der Waals surface area contributed by atoms with Crippen LogP contribution < -0.4 is 5.73 Å². The van der Waals surface area contributed by atoms with Crippen molar-refractivity contribution in [3.8, 4) is 0 Å². The summed E-state index contributed by atoms with van der Waals surface area (Å²) in [6, 6.07) is 10.7. The van der Waals surface area contributed by atoms with E-state index in [0.717, 1.165) is 14.5 Å². The predicted octanol–water partition coefficient (Wildman–Crippen LogP) is 4.33. The topological polar surface area (TPSA) is 43.1 Å². The average molecular weight is 369 g/mol. The van der Waals surface area contributed by atoms with Crippen LogP contribution in [0.2, 0.25) is 0 Å². The van der Waals surface area contributed by atoms with Crippen LogP contribution in [0.15, 0.2) is 45.3 Å². The number of nitrogen functional groups attached to an aromatic ring is 1. The molecule has 18 heavy (non-hydrogen) atoms. The van der Waals surface area contributed by atoms with Gasteiger partial charge in [-0.2, -0.15) is 0 Å². The van der Waals surface area contributed by atoms with Crippen LogP contribution in [0, 0.1) is 6.92 Å². The zero-order valence-corrected chi connectivity index (χ0v) is 12.9. The first-order chi connectivity index (χ1) is 8.49. The number of carbonyl (C=O) groups is 1. The van der Waals surface area contributed by atoms with Gasteiger partial charge in [-0.1, -0.05) is 31.9 Å². The molecular formula is C14H11Br2NO. The van der Waals surface area contributed by atoms with E-state index < -0.39 is 0 Å². The van der Waals surface area contributed by atoms with Gasteiger partial charge in [-0.15, -0.1) is 0 Å². The lowest BCUT2D eigenvalue weighted by Gasteiger charge is -2.07. The van der Waals surface area contributed by atoms with Crippen molar-refractivity contribution >= 4 is 43.3 Å². The molecule has 92 valence electrons. The van der Waals surface area contributed by atoms with Crippen LogP contribution in [0.25, 0.3) is 0 Å². The molecule has 0 amide bonds. The van der Waals surface area contributed by atoms with E-state index in [4.69, 9.17) is 5.73 Å². The van der Waals surface area contributed by atoms with Crippen molar-refractivity contribution in [1.82, 2.24) is 0 Å². The van der Waals surface area contributed by atoms with Crippen LogP contribution in [0.4, 0.5) is 5.69 Å². The summed E-state index contributed by atoms with van der Waals surface area (Å²) in [5.74, 6) is -0.0254. The van der Waals surface area contributed by atoms with Crippen LogP contribution in [0.3, 0.4) is 0 Å². The highest BCUT2D eigenvalue weighted by Crippen LogP contribution is 2.27. The van der Waals surface area contributed by atoms with Gasteiger partial charge in [0.1, 0.15) is 0 Å². The fourth-order valence-corrected chi connectivity index (χ4v) is 2.59. The van der Waals surface area contributed by atoms with E-state index in [1.54, 1.807) is 24.3 Å². The van der Waals surface area contributed by atoms with Gasteiger partial charge in [0.15, 0.2) is 5.78 Å². The second-order valence-corrected chi connectivity index (χ2v) is 5.74. The maximum Gasteiger partial charge on any atom is 0.194 e. The second kappa shape index (κ2) is 5.24. The molecular weight excluding hydrogens is 358 g/mol. The molecule has 2 rings (SSSR count). The van der Waals surface area contributed by atoms with Crippen molar-refractivity contribution in [2.75, 3.05) is 5.73 Å². The van der Waals surface area contributed by atoms with Crippen molar-refractivity contribution in [2.45, 2.75) is 6.92 Å². The molecule has 0 radical (unpaired) electrons. The third kappa shape index (κ3) is 2.65. The summed E-state index contributed by atoms with van der Waals surface area (Å²) in [6.45, 7) is 1.98. The third-order valence-corrected chi connectivity index (χ3v) is 4.18. The van der Waals surface area contributed by atoms with Gasteiger partial charge in [-0.3, -0.25) is 4.79 Å². The summed E-state index contributed by atoms with van der Waals surface area (Å²) in [5.41, 5.74) is 8.60. The highest BCUT2D eigenvalue weighted by molar-refractivity contribution is 9.11. The van der Waals surface area contributed by atoms with E-state index in [2.05, 4.69) is 31.9 Å². The Labute approximate surface area is 122 Å². The quantitative estimate of drug-likeness (QED) is 0.633. The first-order valence-electron chi connectivity index (χ1n) is 5.35. The van der Waals surface area contributed by atoms with E-state index in [-0.39, 0.29) is 5.78 Å². The SMILES string of the molecule is Cc1cc(Br)c(C(=O)c2ccc(N)cc2)cc1Br. The maximum absolute atomic E-state index is 12.4. The lowest BCUT2D eigenvalue weighted by Crippen LogP contribution is -2.03. The minimum Gasteiger partial charge on any atom is -0.399 e. The smallest absolute Gasteiger partial charge is 0.194 e. The largest absolute Gasteiger partial charge is 0.399 e. The van der Waals surface area contributed by atoms with E-state index in [1.807, 2.05) is 19.1 Å². The zero-order chi connectivity index (χ0) is 13.3. The summed E-state index contributed by atoms with van der Waals surface area (Å²) < 4.78 is 1.72. The van der Waals surface area contributed by atoms with Crippen LogP contribution in [0.5, 0.6) is 0 Å². The number of aryl methyl sites for hydroxylation is 1.